The van der Waals surface area contributed by atoms with E-state index in [2.05, 4.69) is 0 Å². The van der Waals surface area contributed by atoms with Gasteiger partial charge in [0.05, 0.1) is 13.2 Å². The lowest BCUT2D eigenvalue weighted by Crippen LogP contribution is -2.34. The highest BCUT2D eigenvalue weighted by atomic mass is 32.2. The fourth-order valence-corrected chi connectivity index (χ4v) is 3.78. The Morgan fingerprint density at radius 2 is 1.96 bits per heavy atom. The monoisotopic (exact) mass is 363 g/mol. The van der Waals surface area contributed by atoms with Crippen molar-refractivity contribution >= 4 is 21.6 Å². The molecule has 0 bridgehead atoms. The molecule has 0 aliphatic carbocycles. The largest absolute Gasteiger partial charge is 0.375 e. The molecule has 0 fully saturated rings. The summed E-state index contributed by atoms with van der Waals surface area (Å²) in [7, 11) is 1.00. The van der Waals surface area contributed by atoms with Gasteiger partial charge >= 0.3 is 0 Å². The van der Waals surface area contributed by atoms with Crippen LogP contribution in [0.15, 0.2) is 41.4 Å². The minimum absolute atomic E-state index is 0.0997. The van der Waals surface area contributed by atoms with E-state index < -0.39 is 10.0 Å². The zero-order valence-electron chi connectivity index (χ0n) is 14.5. The molecular formula is C17H21N3O4S. The molecule has 1 aromatic heterocycles. The summed E-state index contributed by atoms with van der Waals surface area (Å²) in [4.78, 5) is 14.8. The lowest BCUT2D eigenvalue weighted by atomic mass is 10.1. The third-order valence-electron chi connectivity index (χ3n) is 4.22. The summed E-state index contributed by atoms with van der Waals surface area (Å²) in [5, 5.41) is 0. The quantitative estimate of drug-likeness (QED) is 0.828. The number of rotatable bonds is 3. The SMILES string of the molecule is CN(C)S(=O)(=O)c1cc(C(=O)N2CCOCc3ccccc32)n(C)c1. The maximum Gasteiger partial charge on any atom is 0.275 e. The summed E-state index contributed by atoms with van der Waals surface area (Å²) in [6.45, 7) is 1.29. The second kappa shape index (κ2) is 6.62. The van der Waals surface area contributed by atoms with Crippen molar-refractivity contribution in [2.45, 2.75) is 11.5 Å². The summed E-state index contributed by atoms with van der Waals surface area (Å²) >= 11 is 0. The van der Waals surface area contributed by atoms with Gasteiger partial charge in [-0.05, 0) is 12.1 Å². The topological polar surface area (TPSA) is 71.8 Å². The lowest BCUT2D eigenvalue weighted by molar-refractivity contribution is 0.0958. The number of sulfonamides is 1. The average molecular weight is 363 g/mol. The average Bonchev–Trinajstić information content (AvgIpc) is 2.85. The van der Waals surface area contributed by atoms with E-state index in [4.69, 9.17) is 4.74 Å². The summed E-state index contributed by atoms with van der Waals surface area (Å²) in [5.41, 5.74) is 2.05. The van der Waals surface area contributed by atoms with Crippen LogP contribution in [-0.2, 0) is 28.4 Å². The molecular weight excluding hydrogens is 342 g/mol. The van der Waals surface area contributed by atoms with Gasteiger partial charge in [0.25, 0.3) is 5.91 Å². The minimum Gasteiger partial charge on any atom is -0.375 e. The van der Waals surface area contributed by atoms with Gasteiger partial charge in [0, 0.05) is 45.1 Å². The Hall–Kier alpha value is -2.16. The second-order valence-electron chi connectivity index (χ2n) is 6.10. The number of aryl methyl sites for hydroxylation is 1. The van der Waals surface area contributed by atoms with Gasteiger partial charge in [0.2, 0.25) is 10.0 Å². The van der Waals surface area contributed by atoms with E-state index in [1.54, 1.807) is 16.5 Å². The Morgan fingerprint density at radius 3 is 2.68 bits per heavy atom. The molecule has 1 aliphatic rings. The van der Waals surface area contributed by atoms with Crippen LogP contribution >= 0.6 is 0 Å². The van der Waals surface area contributed by atoms with Crippen LogP contribution in [0.3, 0.4) is 0 Å². The molecule has 2 heterocycles. The number of ether oxygens (including phenoxy) is 1. The predicted octanol–water partition coefficient (Wildman–Crippen LogP) is 1.45. The van der Waals surface area contributed by atoms with Crippen LogP contribution in [0, 0.1) is 0 Å². The number of carbonyl (C=O) groups is 1. The number of benzene rings is 1. The zero-order chi connectivity index (χ0) is 18.2. The van der Waals surface area contributed by atoms with Gasteiger partial charge in [0.15, 0.2) is 0 Å². The number of para-hydroxylation sites is 1. The molecule has 25 heavy (non-hydrogen) atoms. The molecule has 0 atom stereocenters. The van der Waals surface area contributed by atoms with E-state index in [-0.39, 0.29) is 10.8 Å². The Morgan fingerprint density at radius 1 is 1.24 bits per heavy atom. The second-order valence-corrected chi connectivity index (χ2v) is 8.25. The standard InChI is InChI=1S/C17H21N3O4S/c1-18(2)25(22,23)14-10-16(19(3)11-14)17(21)20-8-9-24-12-13-6-4-5-7-15(13)20/h4-7,10-11H,8-9,12H2,1-3H3. The van der Waals surface area contributed by atoms with Crippen molar-refractivity contribution in [3.8, 4) is 0 Å². The number of amides is 1. The molecule has 2 aromatic rings. The van der Waals surface area contributed by atoms with Crippen molar-refractivity contribution in [1.29, 1.82) is 0 Å². The van der Waals surface area contributed by atoms with Gasteiger partial charge in [0.1, 0.15) is 10.6 Å². The van der Waals surface area contributed by atoms with Crippen LogP contribution in [-0.4, -0.2) is 50.4 Å². The molecule has 1 amide bonds. The minimum atomic E-state index is -3.59. The number of anilines is 1. The molecule has 0 saturated carbocycles. The molecule has 134 valence electrons. The molecule has 0 spiro atoms. The smallest absolute Gasteiger partial charge is 0.275 e. The fourth-order valence-electron chi connectivity index (χ4n) is 2.80. The molecule has 7 nitrogen and oxygen atoms in total. The van der Waals surface area contributed by atoms with E-state index in [9.17, 15) is 13.2 Å². The van der Waals surface area contributed by atoms with E-state index in [0.29, 0.717) is 25.5 Å². The van der Waals surface area contributed by atoms with Crippen LogP contribution < -0.4 is 4.90 Å². The van der Waals surface area contributed by atoms with Crippen LogP contribution in [0.25, 0.3) is 0 Å². The number of hydrogen-bond acceptors (Lipinski definition) is 4. The number of nitrogens with zero attached hydrogens (tertiary/aromatic N) is 3. The van der Waals surface area contributed by atoms with Crippen molar-refractivity contribution in [2.75, 3.05) is 32.1 Å². The first-order valence-corrected chi connectivity index (χ1v) is 9.33. The van der Waals surface area contributed by atoms with Gasteiger partial charge in [-0.2, -0.15) is 0 Å². The van der Waals surface area contributed by atoms with Crippen molar-refractivity contribution < 1.29 is 17.9 Å². The first-order valence-electron chi connectivity index (χ1n) is 7.89. The van der Waals surface area contributed by atoms with Gasteiger partial charge in [-0.1, -0.05) is 18.2 Å². The number of fused-ring (bicyclic) bond motifs is 1. The third-order valence-corrected chi connectivity index (χ3v) is 6.00. The van der Waals surface area contributed by atoms with Crippen molar-refractivity contribution in [1.82, 2.24) is 8.87 Å². The van der Waals surface area contributed by atoms with E-state index in [1.165, 1.54) is 26.4 Å². The molecule has 0 radical (unpaired) electrons. The summed E-state index contributed by atoms with van der Waals surface area (Å²) in [6.07, 6.45) is 1.46. The number of aromatic nitrogens is 1. The molecule has 1 aromatic carbocycles. The third kappa shape index (κ3) is 3.20. The van der Waals surface area contributed by atoms with Gasteiger partial charge in [-0.15, -0.1) is 0 Å². The molecule has 1 aliphatic heterocycles. The lowest BCUT2D eigenvalue weighted by Gasteiger charge is -2.22. The van der Waals surface area contributed by atoms with Crippen molar-refractivity contribution in [3.63, 3.8) is 0 Å². The Bertz CT molecular complexity index is 902. The number of carbonyl (C=O) groups excluding carboxylic acids is 1. The Balaban J connectivity index is 2.01. The first-order chi connectivity index (χ1) is 11.8. The van der Waals surface area contributed by atoms with E-state index in [1.807, 2.05) is 24.3 Å². The van der Waals surface area contributed by atoms with E-state index >= 15 is 0 Å². The number of hydrogen-bond donors (Lipinski definition) is 0. The zero-order valence-corrected chi connectivity index (χ0v) is 15.3. The van der Waals surface area contributed by atoms with Crippen molar-refractivity contribution in [2.24, 2.45) is 7.05 Å². The fraction of sp³-hybridized carbons (Fsp3) is 0.353. The maximum atomic E-state index is 13.1. The molecule has 8 heteroatoms. The first kappa shape index (κ1) is 17.7. The Kier molecular flexibility index (Phi) is 4.68. The maximum absolute atomic E-state index is 13.1. The molecule has 0 unspecified atom stereocenters. The molecule has 0 N–H and O–H groups in total. The summed E-state index contributed by atoms with van der Waals surface area (Å²) in [6, 6.07) is 9.00. The highest BCUT2D eigenvalue weighted by Gasteiger charge is 2.27. The normalized spacial score (nSPS) is 15.1. The van der Waals surface area contributed by atoms with Crippen molar-refractivity contribution in [3.05, 3.63) is 47.8 Å². The van der Waals surface area contributed by atoms with Crippen LogP contribution in [0.2, 0.25) is 0 Å². The van der Waals surface area contributed by atoms with Crippen LogP contribution in [0.4, 0.5) is 5.69 Å². The molecule has 0 saturated heterocycles. The van der Waals surface area contributed by atoms with Crippen LogP contribution in [0.1, 0.15) is 16.1 Å². The van der Waals surface area contributed by atoms with Gasteiger partial charge in [-0.25, -0.2) is 12.7 Å². The summed E-state index contributed by atoms with van der Waals surface area (Å²) < 4.78 is 32.9. The predicted molar refractivity (Wildman–Crippen MR) is 94.1 cm³/mol. The summed E-state index contributed by atoms with van der Waals surface area (Å²) in [5.74, 6) is -0.249. The highest BCUT2D eigenvalue weighted by molar-refractivity contribution is 7.89. The Labute approximate surface area is 147 Å². The van der Waals surface area contributed by atoms with E-state index in [0.717, 1.165) is 15.6 Å². The van der Waals surface area contributed by atoms with Crippen LogP contribution in [0.5, 0.6) is 0 Å². The highest BCUT2D eigenvalue weighted by Crippen LogP contribution is 2.26. The molecule has 3 rings (SSSR count). The van der Waals surface area contributed by atoms with Gasteiger partial charge < -0.3 is 14.2 Å². The van der Waals surface area contributed by atoms with Gasteiger partial charge in [-0.3, -0.25) is 4.79 Å².